The lowest BCUT2D eigenvalue weighted by Crippen LogP contribution is -2.02. The predicted molar refractivity (Wildman–Crippen MR) is 83.1 cm³/mol. The van der Waals surface area contributed by atoms with E-state index in [1.54, 1.807) is 0 Å². The molecule has 0 spiro atoms. The van der Waals surface area contributed by atoms with Crippen molar-refractivity contribution in [3.8, 4) is 0 Å². The molecule has 2 rings (SSSR count). The van der Waals surface area contributed by atoms with Crippen molar-refractivity contribution in [2.45, 2.75) is 51.5 Å². The first-order chi connectivity index (χ1) is 9.26. The summed E-state index contributed by atoms with van der Waals surface area (Å²) in [6.45, 7) is 3.22. The average Bonchev–Trinajstić information content (AvgIpc) is 2.75. The quantitative estimate of drug-likeness (QED) is 0.494. The standard InChI is InChI=1S/C15H20Cl2N2/c1-2-3-4-5-6-9-19-14-8-7-12(17)10-13(14)18-15(19)11-16/h7-8,10H,2-6,9,11H2,1H3. The van der Waals surface area contributed by atoms with E-state index in [9.17, 15) is 0 Å². The van der Waals surface area contributed by atoms with E-state index in [1.165, 1.54) is 32.1 Å². The van der Waals surface area contributed by atoms with E-state index in [0.717, 1.165) is 28.4 Å². The number of unbranched alkanes of at least 4 members (excludes halogenated alkanes) is 4. The SMILES string of the molecule is CCCCCCCn1c(CCl)nc2cc(Cl)ccc21. The van der Waals surface area contributed by atoms with Crippen LogP contribution in [-0.2, 0) is 12.4 Å². The Kier molecular flexibility index (Phi) is 5.53. The van der Waals surface area contributed by atoms with Gasteiger partial charge < -0.3 is 4.57 Å². The number of benzene rings is 1. The minimum Gasteiger partial charge on any atom is -0.327 e. The molecule has 1 heterocycles. The van der Waals surface area contributed by atoms with E-state index in [-0.39, 0.29) is 0 Å². The van der Waals surface area contributed by atoms with Crippen LogP contribution in [-0.4, -0.2) is 9.55 Å². The molecule has 1 aromatic heterocycles. The Hall–Kier alpha value is -0.730. The maximum absolute atomic E-state index is 6.00. The van der Waals surface area contributed by atoms with E-state index in [2.05, 4.69) is 16.5 Å². The third kappa shape index (κ3) is 3.64. The molecule has 2 aromatic rings. The zero-order chi connectivity index (χ0) is 13.7. The number of imidazole rings is 1. The smallest absolute Gasteiger partial charge is 0.124 e. The molecule has 0 amide bonds. The number of fused-ring (bicyclic) bond motifs is 1. The Morgan fingerprint density at radius 2 is 1.95 bits per heavy atom. The summed E-state index contributed by atoms with van der Waals surface area (Å²) in [4.78, 5) is 4.55. The highest BCUT2D eigenvalue weighted by molar-refractivity contribution is 6.31. The summed E-state index contributed by atoms with van der Waals surface area (Å²) in [5, 5.41) is 0.723. The maximum atomic E-state index is 6.00. The van der Waals surface area contributed by atoms with Crippen LogP contribution < -0.4 is 0 Å². The van der Waals surface area contributed by atoms with Crippen molar-refractivity contribution in [1.29, 1.82) is 0 Å². The van der Waals surface area contributed by atoms with Crippen LogP contribution in [0.2, 0.25) is 5.02 Å². The first kappa shape index (κ1) is 14.7. The second-order valence-corrected chi connectivity index (χ2v) is 5.56. The molecule has 0 saturated heterocycles. The van der Waals surface area contributed by atoms with Crippen LogP contribution in [0.25, 0.3) is 11.0 Å². The molecule has 1 aromatic carbocycles. The van der Waals surface area contributed by atoms with Gasteiger partial charge in [-0.25, -0.2) is 4.98 Å². The van der Waals surface area contributed by atoms with E-state index >= 15 is 0 Å². The van der Waals surface area contributed by atoms with Gasteiger partial charge in [-0.3, -0.25) is 0 Å². The molecule has 0 aliphatic rings. The highest BCUT2D eigenvalue weighted by Crippen LogP contribution is 2.22. The molecule has 4 heteroatoms. The van der Waals surface area contributed by atoms with Crippen LogP contribution in [0.4, 0.5) is 0 Å². The molecule has 104 valence electrons. The molecule has 0 radical (unpaired) electrons. The zero-order valence-corrected chi connectivity index (χ0v) is 12.8. The third-order valence-electron chi connectivity index (χ3n) is 3.39. The van der Waals surface area contributed by atoms with Gasteiger partial charge in [0.25, 0.3) is 0 Å². The summed E-state index contributed by atoms with van der Waals surface area (Å²) in [6.07, 6.45) is 6.36. The molecule has 0 saturated carbocycles. The fourth-order valence-electron chi connectivity index (χ4n) is 2.38. The summed E-state index contributed by atoms with van der Waals surface area (Å²) < 4.78 is 2.23. The van der Waals surface area contributed by atoms with E-state index in [1.807, 2.05) is 18.2 Å². The van der Waals surface area contributed by atoms with Crippen molar-refractivity contribution in [1.82, 2.24) is 9.55 Å². The first-order valence-electron chi connectivity index (χ1n) is 6.97. The van der Waals surface area contributed by atoms with Crippen molar-refractivity contribution in [3.05, 3.63) is 29.0 Å². The second-order valence-electron chi connectivity index (χ2n) is 4.86. The number of hydrogen-bond acceptors (Lipinski definition) is 1. The van der Waals surface area contributed by atoms with Crippen LogP contribution >= 0.6 is 23.2 Å². The number of rotatable bonds is 7. The van der Waals surface area contributed by atoms with Gasteiger partial charge >= 0.3 is 0 Å². The highest BCUT2D eigenvalue weighted by atomic mass is 35.5. The number of alkyl halides is 1. The molecule has 0 aliphatic carbocycles. The van der Waals surface area contributed by atoms with Gasteiger partial charge in [-0.1, -0.05) is 44.2 Å². The normalized spacial score (nSPS) is 11.3. The topological polar surface area (TPSA) is 17.8 Å². The highest BCUT2D eigenvalue weighted by Gasteiger charge is 2.09. The lowest BCUT2D eigenvalue weighted by atomic mass is 10.1. The summed E-state index contributed by atoms with van der Waals surface area (Å²) >= 11 is 12.0. The molecular formula is C15H20Cl2N2. The Balaban J connectivity index is 2.11. The molecule has 0 bridgehead atoms. The van der Waals surface area contributed by atoms with Crippen molar-refractivity contribution in [3.63, 3.8) is 0 Å². The Labute approximate surface area is 124 Å². The van der Waals surface area contributed by atoms with Gasteiger partial charge in [-0.05, 0) is 24.6 Å². The summed E-state index contributed by atoms with van der Waals surface area (Å²) in [5.41, 5.74) is 2.08. The number of aromatic nitrogens is 2. The molecule has 0 fully saturated rings. The average molecular weight is 299 g/mol. The van der Waals surface area contributed by atoms with Crippen molar-refractivity contribution >= 4 is 34.2 Å². The largest absolute Gasteiger partial charge is 0.327 e. The van der Waals surface area contributed by atoms with Gasteiger partial charge in [0.05, 0.1) is 16.9 Å². The molecule has 2 nitrogen and oxygen atoms in total. The predicted octanol–water partition coefficient (Wildman–Crippen LogP) is 5.40. The lowest BCUT2D eigenvalue weighted by Gasteiger charge is -2.07. The molecule has 0 aliphatic heterocycles. The van der Waals surface area contributed by atoms with Gasteiger partial charge in [0.15, 0.2) is 0 Å². The second kappa shape index (κ2) is 7.16. The van der Waals surface area contributed by atoms with Crippen molar-refractivity contribution in [2.75, 3.05) is 0 Å². The summed E-state index contributed by atoms with van der Waals surface area (Å²) in [5.74, 6) is 1.38. The first-order valence-corrected chi connectivity index (χ1v) is 7.88. The minimum absolute atomic E-state index is 0.446. The number of halogens is 2. The molecule has 19 heavy (non-hydrogen) atoms. The van der Waals surface area contributed by atoms with Crippen LogP contribution in [0.15, 0.2) is 18.2 Å². The summed E-state index contributed by atoms with van der Waals surface area (Å²) in [7, 11) is 0. The fourth-order valence-corrected chi connectivity index (χ4v) is 2.75. The Morgan fingerprint density at radius 3 is 2.68 bits per heavy atom. The van der Waals surface area contributed by atoms with Gasteiger partial charge in [0, 0.05) is 11.6 Å². The van der Waals surface area contributed by atoms with Crippen LogP contribution in [0, 0.1) is 0 Å². The van der Waals surface area contributed by atoms with Crippen LogP contribution in [0.1, 0.15) is 44.9 Å². The van der Waals surface area contributed by atoms with Gasteiger partial charge in [0.2, 0.25) is 0 Å². The lowest BCUT2D eigenvalue weighted by molar-refractivity contribution is 0.567. The minimum atomic E-state index is 0.446. The van der Waals surface area contributed by atoms with Gasteiger partial charge in [-0.2, -0.15) is 0 Å². The number of aryl methyl sites for hydroxylation is 1. The number of hydrogen-bond donors (Lipinski definition) is 0. The monoisotopic (exact) mass is 298 g/mol. The molecule has 0 atom stereocenters. The fraction of sp³-hybridized carbons (Fsp3) is 0.533. The van der Waals surface area contributed by atoms with Crippen molar-refractivity contribution in [2.24, 2.45) is 0 Å². The van der Waals surface area contributed by atoms with Crippen LogP contribution in [0.5, 0.6) is 0 Å². The molecular weight excluding hydrogens is 279 g/mol. The van der Waals surface area contributed by atoms with E-state index < -0.39 is 0 Å². The molecule has 0 N–H and O–H groups in total. The Bertz CT molecular complexity index is 534. The summed E-state index contributed by atoms with van der Waals surface area (Å²) in [6, 6.07) is 5.85. The maximum Gasteiger partial charge on any atom is 0.124 e. The third-order valence-corrected chi connectivity index (χ3v) is 3.87. The Morgan fingerprint density at radius 1 is 1.16 bits per heavy atom. The van der Waals surface area contributed by atoms with Gasteiger partial charge in [-0.15, -0.1) is 11.6 Å². The van der Waals surface area contributed by atoms with Crippen molar-refractivity contribution < 1.29 is 0 Å². The van der Waals surface area contributed by atoms with Crippen LogP contribution in [0.3, 0.4) is 0 Å². The van der Waals surface area contributed by atoms with E-state index in [0.29, 0.717) is 5.88 Å². The number of nitrogens with zero attached hydrogens (tertiary/aromatic N) is 2. The van der Waals surface area contributed by atoms with Gasteiger partial charge in [0.1, 0.15) is 5.82 Å². The van der Waals surface area contributed by atoms with E-state index in [4.69, 9.17) is 23.2 Å². The molecule has 0 unspecified atom stereocenters. The zero-order valence-electron chi connectivity index (χ0n) is 11.3.